The molecule has 0 spiro atoms. The minimum atomic E-state index is -0.00292. The molecule has 0 bridgehead atoms. The Morgan fingerprint density at radius 3 is 2.45 bits per heavy atom. The summed E-state index contributed by atoms with van der Waals surface area (Å²) >= 11 is 0. The van der Waals surface area contributed by atoms with Crippen LogP contribution in [0, 0.1) is 0 Å². The summed E-state index contributed by atoms with van der Waals surface area (Å²) in [7, 11) is 3.25. The van der Waals surface area contributed by atoms with Crippen molar-refractivity contribution in [3.8, 4) is 11.5 Å². The van der Waals surface area contributed by atoms with E-state index in [1.807, 2.05) is 25.1 Å². The Balaban J connectivity index is 2.11. The number of H-pyrrole nitrogens is 1. The van der Waals surface area contributed by atoms with Gasteiger partial charge in [-0.25, -0.2) is 0 Å². The average molecular weight is 277 g/mol. The molecule has 20 heavy (non-hydrogen) atoms. The van der Waals surface area contributed by atoms with E-state index in [4.69, 9.17) is 9.47 Å². The fourth-order valence-corrected chi connectivity index (χ4v) is 2.02. The first-order chi connectivity index (χ1) is 9.65. The number of methoxy groups -OCH3 is 2. The molecule has 0 saturated heterocycles. The lowest BCUT2D eigenvalue weighted by atomic mass is 10.1. The number of aromatic nitrogens is 4. The minimum absolute atomic E-state index is 0.00292. The zero-order chi connectivity index (χ0) is 14.5. The summed E-state index contributed by atoms with van der Waals surface area (Å²) in [5.41, 5.74) is 1.10. The van der Waals surface area contributed by atoms with Gasteiger partial charge in [-0.15, -0.1) is 10.2 Å². The van der Waals surface area contributed by atoms with Crippen molar-refractivity contribution in [2.75, 3.05) is 14.2 Å². The first-order valence-corrected chi connectivity index (χ1v) is 6.37. The van der Waals surface area contributed by atoms with Gasteiger partial charge in [0.25, 0.3) is 0 Å². The highest BCUT2D eigenvalue weighted by molar-refractivity contribution is 5.43. The van der Waals surface area contributed by atoms with Crippen LogP contribution in [-0.2, 0) is 0 Å². The van der Waals surface area contributed by atoms with Crippen molar-refractivity contribution < 1.29 is 9.47 Å². The van der Waals surface area contributed by atoms with Crippen LogP contribution in [0.3, 0.4) is 0 Å². The lowest BCUT2D eigenvalue weighted by Gasteiger charge is -2.19. The highest BCUT2D eigenvalue weighted by atomic mass is 16.5. The van der Waals surface area contributed by atoms with Gasteiger partial charge in [0, 0.05) is 6.04 Å². The zero-order valence-corrected chi connectivity index (χ0v) is 12.0. The molecule has 7 heteroatoms. The van der Waals surface area contributed by atoms with E-state index in [9.17, 15) is 0 Å². The van der Waals surface area contributed by atoms with Crippen molar-refractivity contribution in [1.82, 2.24) is 25.9 Å². The molecule has 2 N–H and O–H groups in total. The molecule has 108 valence electrons. The quantitative estimate of drug-likeness (QED) is 0.834. The lowest BCUT2D eigenvalue weighted by Crippen LogP contribution is -2.23. The van der Waals surface area contributed by atoms with Crippen molar-refractivity contribution in [2.45, 2.75) is 25.9 Å². The van der Waals surface area contributed by atoms with Crippen LogP contribution in [0.2, 0.25) is 0 Å². The predicted molar refractivity (Wildman–Crippen MR) is 73.7 cm³/mol. The summed E-state index contributed by atoms with van der Waals surface area (Å²) in [5.74, 6) is 2.07. The summed E-state index contributed by atoms with van der Waals surface area (Å²) < 4.78 is 10.5. The van der Waals surface area contributed by atoms with Gasteiger partial charge in [0.2, 0.25) is 0 Å². The Morgan fingerprint density at radius 1 is 1.10 bits per heavy atom. The number of rotatable bonds is 6. The molecule has 1 heterocycles. The van der Waals surface area contributed by atoms with Crippen molar-refractivity contribution in [2.24, 2.45) is 0 Å². The van der Waals surface area contributed by atoms with Crippen molar-refractivity contribution in [3.63, 3.8) is 0 Å². The number of benzene rings is 1. The molecule has 7 nitrogen and oxygen atoms in total. The number of ether oxygens (including phenoxy) is 2. The van der Waals surface area contributed by atoms with Gasteiger partial charge in [-0.3, -0.25) is 0 Å². The van der Waals surface area contributed by atoms with Gasteiger partial charge in [0.05, 0.1) is 20.3 Å². The van der Waals surface area contributed by atoms with Crippen LogP contribution in [0.4, 0.5) is 0 Å². The van der Waals surface area contributed by atoms with E-state index in [1.54, 1.807) is 14.2 Å². The number of hydrogen-bond acceptors (Lipinski definition) is 6. The van der Waals surface area contributed by atoms with Crippen LogP contribution in [-0.4, -0.2) is 34.8 Å². The van der Waals surface area contributed by atoms with E-state index in [2.05, 4.69) is 32.9 Å². The highest BCUT2D eigenvalue weighted by Gasteiger charge is 2.15. The summed E-state index contributed by atoms with van der Waals surface area (Å²) in [6.45, 7) is 4.06. The molecular formula is C13H19N5O2. The van der Waals surface area contributed by atoms with E-state index in [0.717, 1.165) is 11.3 Å². The molecule has 2 unspecified atom stereocenters. The third-order valence-electron chi connectivity index (χ3n) is 3.16. The number of tetrazole rings is 1. The standard InChI is InChI=1S/C13H19N5O2/c1-8(14-9(2)13-15-17-18-16-13)10-5-6-11(19-3)12(7-10)20-4/h5-9,14H,1-4H3,(H,15,16,17,18). The highest BCUT2D eigenvalue weighted by Crippen LogP contribution is 2.30. The molecule has 1 aromatic heterocycles. The second kappa shape index (κ2) is 6.33. The molecule has 1 aromatic carbocycles. The van der Waals surface area contributed by atoms with Crippen molar-refractivity contribution >= 4 is 0 Å². The second-order valence-electron chi connectivity index (χ2n) is 4.49. The molecule has 0 aliphatic heterocycles. The zero-order valence-electron chi connectivity index (χ0n) is 12.0. The molecule has 0 radical (unpaired) electrons. The Labute approximate surface area is 117 Å². The minimum Gasteiger partial charge on any atom is -0.493 e. The molecule has 2 aromatic rings. The van der Waals surface area contributed by atoms with Crippen molar-refractivity contribution in [1.29, 1.82) is 0 Å². The monoisotopic (exact) mass is 277 g/mol. The molecule has 2 rings (SSSR count). The maximum absolute atomic E-state index is 5.31. The number of nitrogens with zero attached hydrogens (tertiary/aromatic N) is 3. The van der Waals surface area contributed by atoms with Gasteiger partial charge >= 0.3 is 0 Å². The van der Waals surface area contributed by atoms with Crippen LogP contribution in [0.25, 0.3) is 0 Å². The van der Waals surface area contributed by atoms with Crippen LogP contribution in [0.5, 0.6) is 11.5 Å². The summed E-state index contributed by atoms with van der Waals surface area (Å²) in [5, 5.41) is 17.4. The number of hydrogen-bond donors (Lipinski definition) is 2. The first kappa shape index (κ1) is 14.3. The normalized spacial score (nSPS) is 13.8. The smallest absolute Gasteiger partial charge is 0.191 e. The Bertz CT molecular complexity index is 544. The first-order valence-electron chi connectivity index (χ1n) is 6.37. The largest absolute Gasteiger partial charge is 0.493 e. The van der Waals surface area contributed by atoms with E-state index >= 15 is 0 Å². The Hall–Kier alpha value is -2.15. The van der Waals surface area contributed by atoms with E-state index in [0.29, 0.717) is 11.6 Å². The second-order valence-corrected chi connectivity index (χ2v) is 4.49. The summed E-state index contributed by atoms with van der Waals surface area (Å²) in [6.07, 6.45) is 0. The predicted octanol–water partition coefficient (Wildman–Crippen LogP) is 1.63. The van der Waals surface area contributed by atoms with Crippen LogP contribution in [0.1, 0.15) is 37.3 Å². The molecule has 0 aliphatic rings. The molecule has 0 saturated carbocycles. The third kappa shape index (κ3) is 3.05. The molecule has 2 atom stereocenters. The maximum Gasteiger partial charge on any atom is 0.191 e. The lowest BCUT2D eigenvalue weighted by molar-refractivity contribution is 0.353. The van der Waals surface area contributed by atoms with Gasteiger partial charge in [-0.05, 0) is 31.5 Å². The topological polar surface area (TPSA) is 85.0 Å². The van der Waals surface area contributed by atoms with E-state index in [-0.39, 0.29) is 12.1 Å². The summed E-state index contributed by atoms with van der Waals surface area (Å²) in [4.78, 5) is 0. The van der Waals surface area contributed by atoms with Crippen LogP contribution >= 0.6 is 0 Å². The molecule has 0 fully saturated rings. The van der Waals surface area contributed by atoms with Crippen molar-refractivity contribution in [3.05, 3.63) is 29.6 Å². The third-order valence-corrected chi connectivity index (χ3v) is 3.16. The SMILES string of the molecule is COc1ccc(C(C)NC(C)c2nn[nH]n2)cc1OC. The molecular weight excluding hydrogens is 258 g/mol. The Kier molecular flexibility index (Phi) is 4.52. The van der Waals surface area contributed by atoms with Crippen LogP contribution in [0.15, 0.2) is 18.2 Å². The molecule has 0 amide bonds. The van der Waals surface area contributed by atoms with Gasteiger partial charge in [-0.1, -0.05) is 11.3 Å². The average Bonchev–Trinajstić information content (AvgIpc) is 3.00. The fraction of sp³-hybridized carbons (Fsp3) is 0.462. The van der Waals surface area contributed by atoms with Gasteiger partial charge in [0.15, 0.2) is 17.3 Å². The van der Waals surface area contributed by atoms with E-state index < -0.39 is 0 Å². The van der Waals surface area contributed by atoms with Gasteiger partial charge in [-0.2, -0.15) is 5.21 Å². The van der Waals surface area contributed by atoms with Gasteiger partial charge < -0.3 is 14.8 Å². The molecule has 0 aliphatic carbocycles. The summed E-state index contributed by atoms with van der Waals surface area (Å²) in [6, 6.07) is 5.97. The Morgan fingerprint density at radius 2 is 1.85 bits per heavy atom. The van der Waals surface area contributed by atoms with Crippen LogP contribution < -0.4 is 14.8 Å². The number of aromatic amines is 1. The van der Waals surface area contributed by atoms with E-state index in [1.165, 1.54) is 0 Å². The fourth-order valence-electron chi connectivity index (χ4n) is 2.02. The number of nitrogens with one attached hydrogen (secondary N) is 2. The van der Waals surface area contributed by atoms with Gasteiger partial charge in [0.1, 0.15) is 0 Å². The maximum atomic E-state index is 5.31.